The van der Waals surface area contributed by atoms with Crippen LogP contribution in [0.4, 0.5) is 5.69 Å². The van der Waals surface area contributed by atoms with Gasteiger partial charge < -0.3 is 14.4 Å². The number of piperidine rings is 1. The van der Waals surface area contributed by atoms with Crippen LogP contribution in [0.1, 0.15) is 50.5 Å². The van der Waals surface area contributed by atoms with Gasteiger partial charge in [-0.15, -0.1) is 0 Å². The zero-order valence-corrected chi connectivity index (χ0v) is 19.5. The van der Waals surface area contributed by atoms with Crippen LogP contribution in [-0.2, 0) is 11.3 Å². The molecule has 3 unspecified atom stereocenters. The van der Waals surface area contributed by atoms with E-state index in [1.165, 1.54) is 4.90 Å². The van der Waals surface area contributed by atoms with E-state index >= 15 is 0 Å². The lowest BCUT2D eigenvalue weighted by molar-refractivity contribution is -0.135. The topological polar surface area (TPSA) is 82.9 Å². The maximum atomic E-state index is 13.7. The summed E-state index contributed by atoms with van der Waals surface area (Å²) in [6, 6.07) is 19.7. The predicted molar refractivity (Wildman–Crippen MR) is 132 cm³/mol. The third-order valence-electron chi connectivity index (χ3n) is 8.02. The molecule has 1 fully saturated rings. The molecular weight excluding hydrogens is 456 g/mol. The molecule has 5 heterocycles. The molecule has 1 saturated heterocycles. The molecule has 1 aromatic heterocycles. The number of carbonyl (C=O) groups excluding carboxylic acids is 3. The number of likely N-dealkylation sites (tertiary alicyclic amines) is 1. The van der Waals surface area contributed by atoms with Gasteiger partial charge in [-0.25, -0.2) is 0 Å². The summed E-state index contributed by atoms with van der Waals surface area (Å²) >= 11 is 0. The molecule has 3 amide bonds. The number of aromatic nitrogens is 1. The number of hydrogen-bond donors (Lipinski definition) is 0. The number of amides is 3. The second-order valence-corrected chi connectivity index (χ2v) is 10.1. The van der Waals surface area contributed by atoms with Gasteiger partial charge in [0.1, 0.15) is 12.7 Å². The van der Waals surface area contributed by atoms with Gasteiger partial charge in [0.2, 0.25) is 5.91 Å². The lowest BCUT2D eigenvalue weighted by atomic mass is 9.83. The smallest absolute Gasteiger partial charge is 0.260 e. The average molecular weight is 481 g/mol. The first-order valence-electron chi connectivity index (χ1n) is 12.3. The molecular formula is C28H24N4O4. The maximum absolute atomic E-state index is 13.7. The Kier molecular flexibility index (Phi) is 4.49. The fraction of sp³-hybridized carbons (Fsp3) is 0.286. The summed E-state index contributed by atoms with van der Waals surface area (Å²) in [6.45, 7) is 1.56. The first kappa shape index (κ1) is 21.1. The van der Waals surface area contributed by atoms with Gasteiger partial charge in [-0.05, 0) is 36.6 Å². The van der Waals surface area contributed by atoms with Crippen molar-refractivity contribution in [2.75, 3.05) is 24.5 Å². The van der Waals surface area contributed by atoms with Crippen LogP contribution in [0.15, 0.2) is 71.5 Å². The van der Waals surface area contributed by atoms with Gasteiger partial charge in [-0.3, -0.25) is 24.1 Å². The van der Waals surface area contributed by atoms with E-state index in [-0.39, 0.29) is 41.7 Å². The van der Waals surface area contributed by atoms with Crippen LogP contribution in [0.25, 0.3) is 0 Å². The molecule has 2 aromatic carbocycles. The fourth-order valence-corrected chi connectivity index (χ4v) is 6.48. The standard InChI is InChI=1S/C28H24N4O4/c33-24-11-5-10-22-18-12-17(14-30(22)24)13-29(15-18)25(34)16-31-26-19-6-1-2-7-20(19)28(36)32(26)23-9-4-3-8-21(23)27(31)35/h1-11,17-18,26H,12-16H2. The molecule has 180 valence electrons. The van der Waals surface area contributed by atoms with Crippen LogP contribution in [0.2, 0.25) is 0 Å². The summed E-state index contributed by atoms with van der Waals surface area (Å²) in [5, 5.41) is 0. The van der Waals surface area contributed by atoms with Gasteiger partial charge in [-0.1, -0.05) is 36.4 Å². The minimum atomic E-state index is -0.649. The van der Waals surface area contributed by atoms with E-state index in [1.807, 2.05) is 39.8 Å². The number of para-hydroxylation sites is 1. The molecule has 8 nitrogen and oxygen atoms in total. The first-order chi connectivity index (χ1) is 17.5. The monoisotopic (exact) mass is 480 g/mol. The van der Waals surface area contributed by atoms with Crippen molar-refractivity contribution in [3.8, 4) is 0 Å². The number of rotatable bonds is 2. The Morgan fingerprint density at radius 3 is 2.44 bits per heavy atom. The predicted octanol–water partition coefficient (Wildman–Crippen LogP) is 2.61. The first-order valence-corrected chi connectivity index (χ1v) is 12.3. The molecule has 0 spiro atoms. The summed E-state index contributed by atoms with van der Waals surface area (Å²) in [5.41, 5.74) is 3.27. The van der Waals surface area contributed by atoms with Gasteiger partial charge in [0, 0.05) is 48.4 Å². The highest BCUT2D eigenvalue weighted by atomic mass is 16.2. The van der Waals surface area contributed by atoms with Gasteiger partial charge in [-0.2, -0.15) is 0 Å². The van der Waals surface area contributed by atoms with E-state index in [9.17, 15) is 19.2 Å². The van der Waals surface area contributed by atoms with Crippen molar-refractivity contribution in [3.05, 3.63) is 99.5 Å². The Hall–Kier alpha value is -4.20. The van der Waals surface area contributed by atoms with Crippen molar-refractivity contribution >= 4 is 23.4 Å². The summed E-state index contributed by atoms with van der Waals surface area (Å²) < 4.78 is 1.84. The maximum Gasteiger partial charge on any atom is 0.260 e. The molecule has 4 aliphatic rings. The van der Waals surface area contributed by atoms with Crippen LogP contribution in [0, 0.1) is 5.92 Å². The Balaban J connectivity index is 1.22. The van der Waals surface area contributed by atoms with Crippen LogP contribution in [-0.4, -0.2) is 51.7 Å². The lowest BCUT2D eigenvalue weighted by Gasteiger charge is -2.44. The zero-order valence-electron chi connectivity index (χ0n) is 19.5. The molecule has 4 aliphatic heterocycles. The Labute approximate surface area is 207 Å². The third-order valence-corrected chi connectivity index (χ3v) is 8.02. The van der Waals surface area contributed by atoms with E-state index in [0.29, 0.717) is 36.4 Å². The van der Waals surface area contributed by atoms with E-state index in [0.717, 1.165) is 17.7 Å². The second kappa shape index (κ2) is 7.65. The molecule has 0 aliphatic carbocycles. The number of hydrogen-bond acceptors (Lipinski definition) is 4. The van der Waals surface area contributed by atoms with Crippen molar-refractivity contribution in [3.63, 3.8) is 0 Å². The van der Waals surface area contributed by atoms with E-state index in [1.54, 1.807) is 41.3 Å². The zero-order chi connectivity index (χ0) is 24.6. The minimum Gasteiger partial charge on any atom is -0.340 e. The number of benzene rings is 2. The highest BCUT2D eigenvalue weighted by Gasteiger charge is 2.48. The van der Waals surface area contributed by atoms with Gasteiger partial charge in [0.25, 0.3) is 17.4 Å². The summed E-state index contributed by atoms with van der Waals surface area (Å²) in [6.07, 6.45) is 0.297. The van der Waals surface area contributed by atoms with Crippen molar-refractivity contribution in [1.82, 2.24) is 14.4 Å². The lowest BCUT2D eigenvalue weighted by Crippen LogP contribution is -2.54. The normalized spacial score (nSPS) is 23.7. The number of anilines is 1. The van der Waals surface area contributed by atoms with Crippen LogP contribution in [0.3, 0.4) is 0 Å². The third kappa shape index (κ3) is 2.93. The van der Waals surface area contributed by atoms with Gasteiger partial charge in [0.15, 0.2) is 0 Å². The van der Waals surface area contributed by atoms with Crippen LogP contribution >= 0.6 is 0 Å². The molecule has 2 bridgehead atoms. The summed E-state index contributed by atoms with van der Waals surface area (Å²) in [4.78, 5) is 58.1. The molecule has 8 heteroatoms. The summed E-state index contributed by atoms with van der Waals surface area (Å²) in [5.74, 6) is -0.260. The van der Waals surface area contributed by atoms with Crippen molar-refractivity contribution in [1.29, 1.82) is 0 Å². The van der Waals surface area contributed by atoms with Crippen LogP contribution in [0.5, 0.6) is 0 Å². The van der Waals surface area contributed by atoms with Crippen LogP contribution < -0.4 is 10.5 Å². The Morgan fingerprint density at radius 2 is 1.58 bits per heavy atom. The second-order valence-electron chi connectivity index (χ2n) is 10.1. The van der Waals surface area contributed by atoms with E-state index in [2.05, 4.69) is 0 Å². The SMILES string of the molecule is O=C(CN1C(=O)c2ccccc2N2C(=O)c3ccccc3C12)N1CC2CC(C1)c1cccc(=O)n1C2. The van der Waals surface area contributed by atoms with E-state index in [4.69, 9.17) is 0 Å². The number of carbonyl (C=O) groups is 3. The molecule has 3 atom stereocenters. The molecule has 3 aromatic rings. The van der Waals surface area contributed by atoms with Gasteiger partial charge >= 0.3 is 0 Å². The summed E-state index contributed by atoms with van der Waals surface area (Å²) in [7, 11) is 0. The van der Waals surface area contributed by atoms with Crippen molar-refractivity contribution in [2.24, 2.45) is 5.92 Å². The number of nitrogens with zero attached hydrogens (tertiary/aromatic N) is 4. The molecule has 0 radical (unpaired) electrons. The molecule has 36 heavy (non-hydrogen) atoms. The minimum absolute atomic E-state index is 0.00390. The molecule has 7 rings (SSSR count). The average Bonchev–Trinajstić information content (AvgIpc) is 3.19. The molecule has 0 saturated carbocycles. The van der Waals surface area contributed by atoms with Gasteiger partial charge in [0.05, 0.1) is 11.3 Å². The molecule has 0 N–H and O–H groups in total. The fourth-order valence-electron chi connectivity index (χ4n) is 6.48. The Morgan fingerprint density at radius 1 is 0.806 bits per heavy atom. The highest BCUT2D eigenvalue weighted by molar-refractivity contribution is 6.17. The largest absolute Gasteiger partial charge is 0.340 e. The highest BCUT2D eigenvalue weighted by Crippen LogP contribution is 2.45. The van der Waals surface area contributed by atoms with E-state index < -0.39 is 6.17 Å². The number of fused-ring (bicyclic) bond motifs is 9. The van der Waals surface area contributed by atoms with Crippen molar-refractivity contribution < 1.29 is 14.4 Å². The number of pyridine rings is 1. The quantitative estimate of drug-likeness (QED) is 0.565. The van der Waals surface area contributed by atoms with Crippen molar-refractivity contribution in [2.45, 2.75) is 25.0 Å². The Bertz CT molecular complexity index is 1510.